The number of rotatable bonds is 8. The van der Waals surface area contributed by atoms with Gasteiger partial charge in [-0.05, 0) is 56.8 Å². The van der Waals surface area contributed by atoms with Crippen molar-refractivity contribution in [3.05, 3.63) is 0 Å². The second-order valence-electron chi connectivity index (χ2n) is 11.4. The van der Waals surface area contributed by atoms with E-state index in [1.165, 1.54) is 23.1 Å². The molecule has 2 heterocycles. The summed E-state index contributed by atoms with van der Waals surface area (Å²) < 4.78 is 6.08. The summed E-state index contributed by atoms with van der Waals surface area (Å²) in [5, 5.41) is 14.2. The molecule has 1 saturated carbocycles. The second-order valence-corrected chi connectivity index (χ2v) is 13.2. The van der Waals surface area contributed by atoms with Gasteiger partial charge in [-0.25, -0.2) is 0 Å². The summed E-state index contributed by atoms with van der Waals surface area (Å²) in [6, 6.07) is -1.74. The van der Waals surface area contributed by atoms with E-state index in [-0.39, 0.29) is 23.8 Å². The van der Waals surface area contributed by atoms with Crippen molar-refractivity contribution in [3.63, 3.8) is 0 Å². The molecule has 0 bridgehead atoms. The van der Waals surface area contributed by atoms with Crippen LogP contribution < -0.4 is 10.4 Å². The maximum absolute atomic E-state index is 13.7. The van der Waals surface area contributed by atoms with E-state index >= 15 is 0 Å². The minimum Gasteiger partial charge on any atom is -0.548 e. The maximum atomic E-state index is 13.7. The molecule has 7 unspecified atom stereocenters. The van der Waals surface area contributed by atoms with Crippen molar-refractivity contribution in [2.24, 2.45) is 23.7 Å². The van der Waals surface area contributed by atoms with Crippen LogP contribution in [0.3, 0.4) is 0 Å². The third kappa shape index (κ3) is 4.54. The number of aliphatic carboxylic acids is 1. The normalized spacial score (nSPS) is 35.2. The lowest BCUT2D eigenvalue weighted by Gasteiger charge is -2.48. The van der Waals surface area contributed by atoms with E-state index in [4.69, 9.17) is 4.74 Å². The van der Waals surface area contributed by atoms with E-state index in [1.807, 2.05) is 20.8 Å². The van der Waals surface area contributed by atoms with Crippen LogP contribution in [-0.4, -0.2) is 56.6 Å². The molecule has 3 aliphatic rings. The van der Waals surface area contributed by atoms with Crippen molar-refractivity contribution in [2.75, 3.05) is 0 Å². The Labute approximate surface area is 202 Å². The number of β-lactam (4-membered cyclic amide) rings is 1. The van der Waals surface area contributed by atoms with E-state index < -0.39 is 33.8 Å². The van der Waals surface area contributed by atoms with Crippen molar-refractivity contribution in [1.29, 1.82) is 0 Å². The Bertz CT molecular complexity index is 785. The maximum Gasteiger partial charge on any atom is 0.253 e. The molecular weight excluding hydrogens is 440 g/mol. The fourth-order valence-corrected chi connectivity index (χ4v) is 7.63. The van der Waals surface area contributed by atoms with E-state index in [0.717, 1.165) is 12.8 Å². The van der Waals surface area contributed by atoms with Gasteiger partial charge in [0, 0.05) is 4.75 Å². The van der Waals surface area contributed by atoms with Crippen LogP contribution in [0.1, 0.15) is 81.1 Å². The van der Waals surface area contributed by atoms with E-state index in [2.05, 4.69) is 26.1 Å². The van der Waals surface area contributed by atoms with Crippen molar-refractivity contribution >= 4 is 29.5 Å². The van der Waals surface area contributed by atoms with Gasteiger partial charge in [0.1, 0.15) is 17.0 Å². The molecule has 0 aromatic heterocycles. The van der Waals surface area contributed by atoms with Crippen molar-refractivity contribution < 1.29 is 24.2 Å². The molecule has 1 N–H and O–H groups in total. The van der Waals surface area contributed by atoms with Gasteiger partial charge in [-0.3, -0.25) is 9.59 Å². The molecule has 33 heavy (non-hydrogen) atoms. The zero-order chi connectivity index (χ0) is 24.9. The number of hydrogen-bond donors (Lipinski definition) is 1. The van der Waals surface area contributed by atoms with Gasteiger partial charge in [-0.1, -0.05) is 48.0 Å². The molecule has 1 aliphatic carbocycles. The van der Waals surface area contributed by atoms with Gasteiger partial charge in [-0.2, -0.15) is 0 Å². The average Bonchev–Trinajstić information content (AvgIpc) is 2.97. The van der Waals surface area contributed by atoms with Crippen LogP contribution in [0.15, 0.2) is 0 Å². The molecule has 0 spiro atoms. The predicted molar refractivity (Wildman–Crippen MR) is 127 cm³/mol. The summed E-state index contributed by atoms with van der Waals surface area (Å²) in [6.07, 6.45) is 3.70. The Balaban J connectivity index is 1.81. The number of fused-ring (bicyclic) bond motifs is 1. The first-order chi connectivity index (χ1) is 15.3. The topological polar surface area (TPSA) is 98.8 Å². The van der Waals surface area contributed by atoms with Crippen LogP contribution in [0.4, 0.5) is 0 Å². The van der Waals surface area contributed by atoms with E-state index in [0.29, 0.717) is 24.2 Å². The average molecular weight is 482 g/mol. The number of carboxylic acid groups (broad SMARTS) is 1. The molecule has 2 saturated heterocycles. The molecule has 3 fully saturated rings. The van der Waals surface area contributed by atoms with Gasteiger partial charge in [-0.15, -0.1) is 11.8 Å². The lowest BCUT2D eigenvalue weighted by atomic mass is 9.74. The number of nitrogens with one attached hydrogen (secondary N) is 1. The van der Waals surface area contributed by atoms with Crippen LogP contribution in [0.2, 0.25) is 0 Å². The number of amides is 2. The molecule has 188 valence electrons. The summed E-state index contributed by atoms with van der Waals surface area (Å²) in [6.45, 7) is 16.2. The van der Waals surface area contributed by atoms with Gasteiger partial charge in [0.15, 0.2) is 0 Å². The van der Waals surface area contributed by atoms with Crippen LogP contribution in [0.5, 0.6) is 0 Å². The monoisotopic (exact) mass is 481 g/mol. The molecule has 7 nitrogen and oxygen atoms in total. The van der Waals surface area contributed by atoms with Crippen molar-refractivity contribution in [1.82, 2.24) is 10.2 Å². The number of hydrogen-bond acceptors (Lipinski definition) is 6. The number of carbonyl (C=O) groups excluding carboxylic acids is 3. The first kappa shape index (κ1) is 26.3. The highest BCUT2D eigenvalue weighted by Gasteiger charge is 2.63. The predicted octanol–water partition coefficient (Wildman–Crippen LogP) is 2.57. The van der Waals surface area contributed by atoms with Gasteiger partial charge in [0.2, 0.25) is 5.91 Å². The Morgan fingerprint density at radius 3 is 2.42 bits per heavy atom. The minimum atomic E-state index is -1.26. The summed E-state index contributed by atoms with van der Waals surface area (Å²) >= 11 is 1.40. The molecule has 7 atom stereocenters. The fraction of sp³-hybridized carbons (Fsp3) is 0.880. The molecule has 0 aromatic carbocycles. The summed E-state index contributed by atoms with van der Waals surface area (Å²) in [5.74, 6) is -0.553. The number of carboxylic acids is 1. The minimum absolute atomic E-state index is 0.00213. The first-order valence-corrected chi connectivity index (χ1v) is 13.3. The third-order valence-electron chi connectivity index (χ3n) is 8.12. The molecule has 0 radical (unpaired) electrons. The Hall–Kier alpha value is -1.28. The van der Waals surface area contributed by atoms with Gasteiger partial charge < -0.3 is 24.9 Å². The van der Waals surface area contributed by atoms with Crippen molar-refractivity contribution in [2.45, 2.75) is 115 Å². The van der Waals surface area contributed by atoms with E-state index in [9.17, 15) is 19.5 Å². The van der Waals surface area contributed by atoms with Gasteiger partial charge in [0.05, 0.1) is 18.1 Å². The number of carbonyl (C=O) groups is 3. The number of ether oxygens (including phenoxy) is 1. The Morgan fingerprint density at radius 1 is 1.27 bits per heavy atom. The number of nitrogens with zero attached hydrogens (tertiary/aromatic N) is 1. The highest BCUT2D eigenvalue weighted by Crippen LogP contribution is 2.51. The molecular formula is C25H41N2O5S-. The summed E-state index contributed by atoms with van der Waals surface area (Å²) in [4.78, 5) is 39.7. The van der Waals surface area contributed by atoms with E-state index in [1.54, 1.807) is 13.8 Å². The fourth-order valence-electron chi connectivity index (χ4n) is 6.01. The second kappa shape index (κ2) is 9.40. The lowest BCUT2D eigenvalue weighted by molar-refractivity contribution is -0.312. The van der Waals surface area contributed by atoms with Crippen LogP contribution in [0.25, 0.3) is 0 Å². The van der Waals surface area contributed by atoms with Crippen LogP contribution >= 0.6 is 11.8 Å². The molecule has 2 aliphatic heterocycles. The molecule has 0 aromatic rings. The standard InChI is InChI=1S/C25H42N2O5S/c1-9-25(14(4)5,32-17-12-15(6)10-11-16(17)13(2)3)23(31)26-18-20(28)27-19(22(29)30)24(7,8)33-21(18)27/h13-19,21H,9-12H2,1-8H3,(H,26,31)(H,29,30)/p-1. The number of thioether (sulfide) groups is 1. The molecule has 8 heteroatoms. The van der Waals surface area contributed by atoms with Crippen molar-refractivity contribution in [3.8, 4) is 0 Å². The Morgan fingerprint density at radius 2 is 1.91 bits per heavy atom. The van der Waals surface area contributed by atoms with Crippen LogP contribution in [0, 0.1) is 23.7 Å². The molecule has 3 rings (SSSR count). The quantitative estimate of drug-likeness (QED) is 0.535. The zero-order valence-electron chi connectivity index (χ0n) is 21.3. The zero-order valence-corrected chi connectivity index (χ0v) is 22.2. The Kier molecular flexibility index (Phi) is 7.50. The summed E-state index contributed by atoms with van der Waals surface area (Å²) in [7, 11) is 0. The SMILES string of the molecule is CCC(OC1CC(C)CCC1C(C)C)(C(=O)NC1C(=O)N2C1SC(C)(C)C2C(=O)[O-])C(C)C. The van der Waals surface area contributed by atoms with Gasteiger partial charge in [0.25, 0.3) is 5.91 Å². The third-order valence-corrected chi connectivity index (χ3v) is 9.69. The lowest BCUT2D eigenvalue weighted by Crippen LogP contribution is -2.73. The largest absolute Gasteiger partial charge is 0.548 e. The highest BCUT2D eigenvalue weighted by atomic mass is 32.2. The van der Waals surface area contributed by atoms with Crippen LogP contribution in [-0.2, 0) is 19.1 Å². The summed E-state index contributed by atoms with van der Waals surface area (Å²) in [5.41, 5.74) is -1.04. The smallest absolute Gasteiger partial charge is 0.253 e. The van der Waals surface area contributed by atoms with Gasteiger partial charge >= 0.3 is 0 Å². The first-order valence-electron chi connectivity index (χ1n) is 12.5. The highest BCUT2D eigenvalue weighted by molar-refractivity contribution is 8.01. The molecule has 2 amide bonds.